The van der Waals surface area contributed by atoms with Crippen LogP contribution in [0, 0.1) is 5.82 Å². The van der Waals surface area contributed by atoms with Gasteiger partial charge in [0.2, 0.25) is 0 Å². The summed E-state index contributed by atoms with van der Waals surface area (Å²) in [7, 11) is 0. The van der Waals surface area contributed by atoms with E-state index in [9.17, 15) is 4.39 Å². The van der Waals surface area contributed by atoms with E-state index in [0.29, 0.717) is 30.0 Å². The van der Waals surface area contributed by atoms with Gasteiger partial charge in [-0.1, -0.05) is 12.1 Å². The molecule has 2 aromatic heterocycles. The molecule has 3 aromatic rings. The first-order valence-corrected chi connectivity index (χ1v) is 11.1. The number of hydrogen-bond acceptors (Lipinski definition) is 8. The smallest absolute Gasteiger partial charge is 0.162 e. The van der Waals surface area contributed by atoms with Crippen molar-refractivity contribution in [1.82, 2.24) is 15.0 Å². The average Bonchev–Trinajstić information content (AvgIpc) is 3.63. The van der Waals surface area contributed by atoms with Gasteiger partial charge in [-0.3, -0.25) is 4.98 Å². The third-order valence-corrected chi connectivity index (χ3v) is 5.94. The molecule has 8 nitrogen and oxygen atoms in total. The molecule has 5 rings (SSSR count). The summed E-state index contributed by atoms with van der Waals surface area (Å²) in [6.45, 7) is 1.43. The van der Waals surface area contributed by atoms with Crippen LogP contribution in [0.2, 0.25) is 0 Å². The maximum atomic E-state index is 14.4. The first-order chi connectivity index (χ1) is 16.0. The summed E-state index contributed by atoms with van der Waals surface area (Å²) >= 11 is 0. The molecule has 2 fully saturated rings. The minimum absolute atomic E-state index is 0.0110. The molecular weight excluding hydrogens is 419 g/mol. The molecule has 9 heteroatoms. The summed E-state index contributed by atoms with van der Waals surface area (Å²) in [6, 6.07) is 8.42. The van der Waals surface area contributed by atoms with Crippen molar-refractivity contribution >= 4 is 22.8 Å². The Kier molecular flexibility index (Phi) is 5.65. The SMILES string of the molecule is Nc1cnc(-c2ccccc2F)nc1C(Nc1cnccc1N1C[C@H](N)C[C@H](N)C1)=C1CC1. The highest BCUT2D eigenvalue weighted by molar-refractivity contribution is 5.88. The number of halogens is 1. The number of nitrogens with one attached hydrogen (secondary N) is 1. The monoisotopic (exact) mass is 446 g/mol. The lowest BCUT2D eigenvalue weighted by molar-refractivity contribution is 0.452. The predicted molar refractivity (Wildman–Crippen MR) is 129 cm³/mol. The number of benzene rings is 1. The van der Waals surface area contributed by atoms with Crippen LogP contribution in [0.3, 0.4) is 0 Å². The molecule has 1 aliphatic carbocycles. The molecule has 0 spiro atoms. The molecule has 1 aromatic carbocycles. The van der Waals surface area contributed by atoms with Crippen LogP contribution < -0.4 is 27.4 Å². The van der Waals surface area contributed by atoms with Crippen molar-refractivity contribution in [2.24, 2.45) is 11.5 Å². The minimum Gasteiger partial charge on any atom is -0.396 e. The minimum atomic E-state index is -0.380. The fourth-order valence-corrected chi connectivity index (χ4v) is 4.26. The molecule has 3 heterocycles. The van der Waals surface area contributed by atoms with Gasteiger partial charge in [-0.25, -0.2) is 14.4 Å². The zero-order valence-corrected chi connectivity index (χ0v) is 18.2. The number of rotatable bonds is 5. The molecule has 0 unspecified atom stereocenters. The Balaban J connectivity index is 1.51. The van der Waals surface area contributed by atoms with E-state index in [-0.39, 0.29) is 23.7 Å². The Morgan fingerprint density at radius 1 is 1.06 bits per heavy atom. The average molecular weight is 447 g/mol. The van der Waals surface area contributed by atoms with E-state index in [1.54, 1.807) is 30.6 Å². The molecule has 0 radical (unpaired) electrons. The van der Waals surface area contributed by atoms with Crippen LogP contribution in [-0.2, 0) is 0 Å². The molecule has 2 aliphatic rings. The van der Waals surface area contributed by atoms with Crippen molar-refractivity contribution in [3.63, 3.8) is 0 Å². The molecule has 1 aliphatic heterocycles. The van der Waals surface area contributed by atoms with Crippen LogP contribution in [0.25, 0.3) is 17.1 Å². The second-order valence-electron chi connectivity index (χ2n) is 8.63. The number of nitrogens with two attached hydrogens (primary N) is 3. The van der Waals surface area contributed by atoms with Crippen LogP contribution >= 0.6 is 0 Å². The number of hydrogen-bond donors (Lipinski definition) is 4. The number of aromatic nitrogens is 3. The normalized spacial score (nSPS) is 20.0. The first kappa shape index (κ1) is 21.3. The quantitative estimate of drug-likeness (QED) is 0.470. The zero-order chi connectivity index (χ0) is 22.9. The zero-order valence-electron chi connectivity index (χ0n) is 18.2. The van der Waals surface area contributed by atoms with Crippen molar-refractivity contribution in [3.8, 4) is 11.4 Å². The topological polar surface area (TPSA) is 132 Å². The van der Waals surface area contributed by atoms with Gasteiger partial charge in [-0.2, -0.15) is 0 Å². The highest BCUT2D eigenvalue weighted by Crippen LogP contribution is 2.40. The van der Waals surface area contributed by atoms with Crippen LogP contribution in [0.5, 0.6) is 0 Å². The Morgan fingerprint density at radius 2 is 1.82 bits per heavy atom. The maximum Gasteiger partial charge on any atom is 0.162 e. The third kappa shape index (κ3) is 4.50. The predicted octanol–water partition coefficient (Wildman–Crippen LogP) is 2.74. The number of pyridine rings is 1. The van der Waals surface area contributed by atoms with Gasteiger partial charge in [-0.15, -0.1) is 0 Å². The number of piperidine rings is 1. The standard InChI is InChI=1S/C24H27FN8/c25-18-4-2-1-3-17(18)24-30-10-19(28)23(32-24)22(14-5-6-14)31-20-11-29-8-7-21(20)33-12-15(26)9-16(27)13-33/h1-4,7-8,10-11,15-16,31H,5-6,9,12-13,26-28H2/t15-,16+. The summed E-state index contributed by atoms with van der Waals surface area (Å²) in [4.78, 5) is 15.4. The van der Waals surface area contributed by atoms with E-state index < -0.39 is 0 Å². The summed E-state index contributed by atoms with van der Waals surface area (Å²) in [5, 5.41) is 3.52. The van der Waals surface area contributed by atoms with Gasteiger partial charge >= 0.3 is 0 Å². The molecule has 170 valence electrons. The van der Waals surface area contributed by atoms with Gasteiger partial charge < -0.3 is 27.4 Å². The van der Waals surface area contributed by atoms with E-state index in [0.717, 1.165) is 36.3 Å². The van der Waals surface area contributed by atoms with Gasteiger partial charge in [0.15, 0.2) is 5.82 Å². The molecule has 0 bridgehead atoms. The molecular formula is C24H27FN8. The molecule has 1 saturated heterocycles. The summed E-state index contributed by atoms with van der Waals surface area (Å²) < 4.78 is 14.4. The van der Waals surface area contributed by atoms with E-state index in [2.05, 4.69) is 25.2 Å². The lowest BCUT2D eigenvalue weighted by atomic mass is 10.0. The third-order valence-electron chi connectivity index (χ3n) is 5.94. The molecule has 33 heavy (non-hydrogen) atoms. The maximum absolute atomic E-state index is 14.4. The van der Waals surface area contributed by atoms with Gasteiger partial charge in [0.05, 0.1) is 40.7 Å². The van der Waals surface area contributed by atoms with E-state index >= 15 is 0 Å². The number of nitrogens with zero attached hydrogens (tertiary/aromatic N) is 4. The number of allylic oxidation sites excluding steroid dienone is 1. The fourth-order valence-electron chi connectivity index (χ4n) is 4.26. The Morgan fingerprint density at radius 3 is 2.55 bits per heavy atom. The van der Waals surface area contributed by atoms with Crippen LogP contribution in [0.4, 0.5) is 21.5 Å². The highest BCUT2D eigenvalue weighted by atomic mass is 19.1. The highest BCUT2D eigenvalue weighted by Gasteiger charge is 2.27. The summed E-state index contributed by atoms with van der Waals surface area (Å²) in [5.74, 6) is -0.0913. The van der Waals surface area contributed by atoms with Crippen molar-refractivity contribution < 1.29 is 4.39 Å². The number of nitrogen functional groups attached to an aromatic ring is 1. The largest absolute Gasteiger partial charge is 0.396 e. The van der Waals surface area contributed by atoms with Crippen molar-refractivity contribution in [1.29, 1.82) is 0 Å². The second kappa shape index (κ2) is 8.76. The Bertz CT molecular complexity index is 1190. The van der Waals surface area contributed by atoms with Gasteiger partial charge in [0.1, 0.15) is 11.5 Å². The van der Waals surface area contributed by atoms with Crippen LogP contribution in [-0.4, -0.2) is 40.1 Å². The Labute approximate surface area is 191 Å². The van der Waals surface area contributed by atoms with Crippen molar-refractivity contribution in [3.05, 3.63) is 66.0 Å². The van der Waals surface area contributed by atoms with Crippen LogP contribution in [0.1, 0.15) is 25.0 Å². The lowest BCUT2D eigenvalue weighted by Gasteiger charge is -2.37. The van der Waals surface area contributed by atoms with E-state index in [4.69, 9.17) is 17.2 Å². The van der Waals surface area contributed by atoms with E-state index in [1.807, 2.05) is 6.07 Å². The molecule has 7 N–H and O–H groups in total. The van der Waals surface area contributed by atoms with Crippen molar-refractivity contribution in [2.45, 2.75) is 31.3 Å². The molecule has 2 atom stereocenters. The fraction of sp³-hybridized carbons (Fsp3) is 0.292. The molecule has 0 amide bonds. The van der Waals surface area contributed by atoms with Crippen LogP contribution in [0.15, 0.2) is 54.5 Å². The van der Waals surface area contributed by atoms with Gasteiger partial charge in [0, 0.05) is 31.4 Å². The summed E-state index contributed by atoms with van der Waals surface area (Å²) in [6.07, 6.45) is 7.74. The van der Waals surface area contributed by atoms with Gasteiger partial charge in [-0.05, 0) is 43.0 Å². The first-order valence-electron chi connectivity index (χ1n) is 11.1. The lowest BCUT2D eigenvalue weighted by Crippen LogP contribution is -2.52. The molecule has 1 saturated carbocycles. The van der Waals surface area contributed by atoms with Crippen molar-refractivity contribution in [2.75, 3.05) is 29.0 Å². The number of anilines is 3. The second-order valence-corrected chi connectivity index (χ2v) is 8.63. The Hall–Kier alpha value is -3.56. The van der Waals surface area contributed by atoms with E-state index in [1.165, 1.54) is 17.8 Å². The van der Waals surface area contributed by atoms with Gasteiger partial charge in [0.25, 0.3) is 0 Å². The summed E-state index contributed by atoms with van der Waals surface area (Å²) in [5.41, 5.74) is 23.8.